The van der Waals surface area contributed by atoms with E-state index in [1.54, 1.807) is 12.1 Å². The molecule has 1 aliphatic rings. The van der Waals surface area contributed by atoms with Crippen LogP contribution in [0.25, 0.3) is 0 Å². The molecule has 0 unspecified atom stereocenters. The number of fused-ring (bicyclic) bond motifs is 1. The molecule has 1 amide bonds. The average Bonchev–Trinajstić information content (AvgIpc) is 2.25. The standard InChI is InChI=1S/C7H5NO3S.Mg.2H/c9-7-5-3-1-2-4-6(5)12(10,11)8-7;;;/h1-4H,(H,8,9);;;. The van der Waals surface area contributed by atoms with Crippen LogP contribution in [0, 0.1) is 0 Å². The number of amides is 1. The normalized spacial score (nSPS) is 17.1. The van der Waals surface area contributed by atoms with Crippen molar-refractivity contribution >= 4 is 39.0 Å². The number of nitrogens with one attached hydrogen (secondary N) is 1. The van der Waals surface area contributed by atoms with E-state index in [1.165, 1.54) is 12.1 Å². The molecule has 0 saturated carbocycles. The summed E-state index contributed by atoms with van der Waals surface area (Å²) in [4.78, 5) is 11.1. The lowest BCUT2D eigenvalue weighted by atomic mass is 10.2. The van der Waals surface area contributed by atoms with Crippen LogP contribution in [0.4, 0.5) is 0 Å². The molecule has 13 heavy (non-hydrogen) atoms. The predicted octanol–water partition coefficient (Wildman–Crippen LogP) is -0.798. The molecule has 0 aromatic heterocycles. The number of sulfonamides is 1. The molecule has 4 nitrogen and oxygen atoms in total. The average molecular weight is 210 g/mol. The molecule has 66 valence electrons. The van der Waals surface area contributed by atoms with Crippen molar-refractivity contribution in [3.05, 3.63) is 29.8 Å². The highest BCUT2D eigenvalue weighted by Gasteiger charge is 2.31. The van der Waals surface area contributed by atoms with Crippen LogP contribution in [0.15, 0.2) is 29.2 Å². The highest BCUT2D eigenvalue weighted by Crippen LogP contribution is 2.20. The lowest BCUT2D eigenvalue weighted by Gasteiger charge is -1.91. The second-order valence-electron chi connectivity index (χ2n) is 2.43. The summed E-state index contributed by atoms with van der Waals surface area (Å²) in [6, 6.07) is 6.09. The second-order valence-corrected chi connectivity index (χ2v) is 4.08. The summed E-state index contributed by atoms with van der Waals surface area (Å²) in [5.41, 5.74) is 0.220. The van der Waals surface area contributed by atoms with Gasteiger partial charge in [-0.1, -0.05) is 12.1 Å². The monoisotopic (exact) mass is 209 g/mol. The maximum Gasteiger partial charge on any atom is 0.316 e. The van der Waals surface area contributed by atoms with Crippen molar-refractivity contribution in [2.24, 2.45) is 0 Å². The van der Waals surface area contributed by atoms with E-state index in [1.807, 2.05) is 4.72 Å². The predicted molar refractivity (Wildman–Crippen MR) is 49.6 cm³/mol. The molecule has 1 aromatic rings. The summed E-state index contributed by atoms with van der Waals surface area (Å²) in [6.45, 7) is 0. The number of rotatable bonds is 0. The molecule has 0 radical (unpaired) electrons. The topological polar surface area (TPSA) is 63.2 Å². The molecule has 1 aromatic carbocycles. The van der Waals surface area contributed by atoms with Crippen LogP contribution in [-0.4, -0.2) is 37.4 Å². The van der Waals surface area contributed by atoms with E-state index in [9.17, 15) is 13.2 Å². The van der Waals surface area contributed by atoms with Gasteiger partial charge in [0, 0.05) is 0 Å². The summed E-state index contributed by atoms with van der Waals surface area (Å²) in [6.07, 6.45) is 0. The van der Waals surface area contributed by atoms with Crippen molar-refractivity contribution in [2.75, 3.05) is 0 Å². The Labute approximate surface area is 91.5 Å². The van der Waals surface area contributed by atoms with Crippen molar-refractivity contribution in [2.45, 2.75) is 4.90 Å². The zero-order valence-electron chi connectivity index (χ0n) is 5.94. The van der Waals surface area contributed by atoms with Gasteiger partial charge in [0.2, 0.25) is 0 Å². The Morgan fingerprint density at radius 2 is 1.77 bits per heavy atom. The first-order valence-electron chi connectivity index (χ1n) is 3.27. The van der Waals surface area contributed by atoms with Gasteiger partial charge in [-0.25, -0.2) is 13.1 Å². The lowest BCUT2D eigenvalue weighted by molar-refractivity contribution is 0.0985. The molecule has 0 atom stereocenters. The largest absolute Gasteiger partial charge is 0.316 e. The van der Waals surface area contributed by atoms with Gasteiger partial charge in [-0.05, 0) is 12.1 Å². The number of carbonyl (C=O) groups excluding carboxylic acids is 1. The Morgan fingerprint density at radius 1 is 1.15 bits per heavy atom. The quantitative estimate of drug-likeness (QED) is 0.569. The van der Waals surface area contributed by atoms with E-state index in [0.717, 1.165) is 0 Å². The van der Waals surface area contributed by atoms with Crippen LogP contribution >= 0.6 is 0 Å². The molecule has 6 heteroatoms. The first-order valence-corrected chi connectivity index (χ1v) is 4.76. The van der Waals surface area contributed by atoms with Crippen molar-refractivity contribution in [3.63, 3.8) is 0 Å². The fraction of sp³-hybridized carbons (Fsp3) is 0. The fourth-order valence-corrected chi connectivity index (χ4v) is 2.29. The first-order chi connectivity index (χ1) is 5.61. The van der Waals surface area contributed by atoms with Gasteiger partial charge in [0.15, 0.2) is 0 Å². The minimum absolute atomic E-state index is 0. The third-order valence-electron chi connectivity index (χ3n) is 1.65. The second kappa shape index (κ2) is 3.28. The molecule has 2 rings (SSSR count). The van der Waals surface area contributed by atoms with E-state index >= 15 is 0 Å². The Morgan fingerprint density at radius 3 is 2.38 bits per heavy atom. The van der Waals surface area contributed by atoms with E-state index in [-0.39, 0.29) is 33.5 Å². The van der Waals surface area contributed by atoms with Crippen LogP contribution in [0.2, 0.25) is 0 Å². The zero-order chi connectivity index (χ0) is 8.77. The summed E-state index contributed by atoms with van der Waals surface area (Å²) in [5.74, 6) is -0.550. The number of benzene rings is 1. The number of hydrogen-bond donors (Lipinski definition) is 1. The van der Waals surface area contributed by atoms with E-state index in [2.05, 4.69) is 0 Å². The Kier molecular flexibility index (Phi) is 2.65. The smallest absolute Gasteiger partial charge is 0.268 e. The lowest BCUT2D eigenvalue weighted by Crippen LogP contribution is -2.20. The molecule has 1 heterocycles. The molecular weight excluding hydrogens is 202 g/mol. The van der Waals surface area contributed by atoms with Crippen LogP contribution in [0.5, 0.6) is 0 Å². The van der Waals surface area contributed by atoms with Gasteiger partial charge >= 0.3 is 23.1 Å². The third kappa shape index (κ3) is 1.56. The Bertz CT molecular complexity index is 455. The van der Waals surface area contributed by atoms with Crippen LogP contribution < -0.4 is 4.72 Å². The highest BCUT2D eigenvalue weighted by molar-refractivity contribution is 7.90. The van der Waals surface area contributed by atoms with E-state index in [0.29, 0.717) is 0 Å². The van der Waals surface area contributed by atoms with Crippen molar-refractivity contribution in [1.29, 1.82) is 0 Å². The minimum Gasteiger partial charge on any atom is -0.268 e. The van der Waals surface area contributed by atoms with Crippen molar-refractivity contribution < 1.29 is 13.2 Å². The fourth-order valence-electron chi connectivity index (χ4n) is 1.12. The molecule has 0 aliphatic carbocycles. The Balaban J connectivity index is 0.000000845. The van der Waals surface area contributed by atoms with Gasteiger partial charge in [-0.2, -0.15) is 0 Å². The summed E-state index contributed by atoms with van der Waals surface area (Å²) in [5, 5.41) is 0. The molecule has 0 fully saturated rings. The van der Waals surface area contributed by atoms with Gasteiger partial charge in [-0.3, -0.25) is 4.79 Å². The van der Waals surface area contributed by atoms with E-state index in [4.69, 9.17) is 0 Å². The summed E-state index contributed by atoms with van der Waals surface area (Å²) < 4.78 is 24.2. The van der Waals surface area contributed by atoms with Crippen molar-refractivity contribution in [3.8, 4) is 0 Å². The highest BCUT2D eigenvalue weighted by atomic mass is 32.2. The molecule has 0 spiro atoms. The first kappa shape index (κ1) is 10.5. The molecule has 0 bridgehead atoms. The SMILES string of the molecule is O=C1NS(=O)(=O)c2ccccc21.[MgH2]. The van der Waals surface area contributed by atoms with Gasteiger partial charge in [0.1, 0.15) is 4.90 Å². The maximum atomic E-state index is 11.1. The van der Waals surface area contributed by atoms with Gasteiger partial charge in [-0.15, -0.1) is 0 Å². The van der Waals surface area contributed by atoms with Crippen LogP contribution in [0.1, 0.15) is 10.4 Å². The summed E-state index contributed by atoms with van der Waals surface area (Å²) in [7, 11) is -3.55. The van der Waals surface area contributed by atoms with Crippen molar-refractivity contribution in [1.82, 2.24) is 4.72 Å². The molecule has 1 aliphatic heterocycles. The molecular formula is C7H7MgNO3S. The molecule has 0 saturated heterocycles. The number of hydrogen-bond acceptors (Lipinski definition) is 3. The van der Waals surface area contributed by atoms with Gasteiger partial charge in [0.05, 0.1) is 5.56 Å². The number of carbonyl (C=O) groups is 1. The van der Waals surface area contributed by atoms with Crippen LogP contribution in [0.3, 0.4) is 0 Å². The zero-order valence-corrected chi connectivity index (χ0v) is 6.76. The maximum absolute atomic E-state index is 11.1. The Hall–Kier alpha value is -0.594. The molecule has 1 N–H and O–H groups in total. The third-order valence-corrected chi connectivity index (χ3v) is 3.04. The van der Waals surface area contributed by atoms with Gasteiger partial charge in [0.25, 0.3) is 15.9 Å². The minimum atomic E-state index is -3.55. The van der Waals surface area contributed by atoms with Crippen LogP contribution in [-0.2, 0) is 10.0 Å². The van der Waals surface area contributed by atoms with E-state index < -0.39 is 15.9 Å². The summed E-state index contributed by atoms with van der Waals surface area (Å²) >= 11 is 0. The van der Waals surface area contributed by atoms with Gasteiger partial charge < -0.3 is 0 Å².